The van der Waals surface area contributed by atoms with Crippen molar-refractivity contribution in [2.75, 3.05) is 10.6 Å². The first-order valence-corrected chi connectivity index (χ1v) is 7.30. The molecular formula is C14H13N3O4S. The van der Waals surface area contributed by atoms with Gasteiger partial charge in [0.15, 0.2) is 5.13 Å². The average Bonchev–Trinajstić information content (AvgIpc) is 2.94. The van der Waals surface area contributed by atoms with E-state index in [0.29, 0.717) is 5.69 Å². The minimum atomic E-state index is -0.965. The van der Waals surface area contributed by atoms with Crippen molar-refractivity contribution in [1.82, 2.24) is 4.98 Å². The summed E-state index contributed by atoms with van der Waals surface area (Å²) in [7, 11) is 0. The lowest BCUT2D eigenvalue weighted by Crippen LogP contribution is -2.20. The molecule has 0 atom stereocenters. The van der Waals surface area contributed by atoms with Crippen molar-refractivity contribution in [3.63, 3.8) is 0 Å². The van der Waals surface area contributed by atoms with Crippen molar-refractivity contribution < 1.29 is 19.1 Å². The first kappa shape index (κ1) is 15.6. The molecule has 2 aromatic rings. The molecule has 1 aromatic carbocycles. The first-order valence-electron chi connectivity index (χ1n) is 6.42. The number of thiazole rings is 1. The number of anilines is 2. The Labute approximate surface area is 130 Å². The molecule has 0 saturated carbocycles. The number of ether oxygens (including phenoxy) is 1. The second-order valence-electron chi connectivity index (χ2n) is 4.10. The predicted octanol–water partition coefficient (Wildman–Crippen LogP) is 2.67. The summed E-state index contributed by atoms with van der Waals surface area (Å²) in [6.45, 7) is 1.56. The van der Waals surface area contributed by atoms with Crippen molar-refractivity contribution in [3.05, 3.63) is 35.7 Å². The summed E-state index contributed by atoms with van der Waals surface area (Å²) >= 11 is 1.08. The van der Waals surface area contributed by atoms with Crippen LogP contribution in [0.5, 0.6) is 5.88 Å². The molecule has 1 heterocycles. The van der Waals surface area contributed by atoms with Gasteiger partial charge in [-0.05, 0) is 12.1 Å². The molecule has 2 amide bonds. The van der Waals surface area contributed by atoms with Crippen LogP contribution in [0.4, 0.5) is 15.6 Å². The number of hydrogen-bond acceptors (Lipinski definition) is 6. The molecule has 0 unspecified atom stereocenters. The highest BCUT2D eigenvalue weighted by atomic mass is 32.1. The third kappa shape index (κ3) is 4.38. The molecular weight excluding hydrogens is 306 g/mol. The normalized spacial score (nSPS) is 9.86. The number of hydrogen-bond donors (Lipinski definition) is 2. The van der Waals surface area contributed by atoms with Crippen LogP contribution >= 0.6 is 11.3 Å². The highest BCUT2D eigenvalue weighted by molar-refractivity contribution is 7.14. The number of nitrogens with one attached hydrogen (secondary N) is 2. The van der Waals surface area contributed by atoms with Gasteiger partial charge in [0.05, 0.1) is 5.38 Å². The van der Waals surface area contributed by atoms with Crippen LogP contribution in [-0.2, 0) is 9.59 Å². The van der Waals surface area contributed by atoms with Gasteiger partial charge in [-0.2, -0.15) is 4.98 Å². The number of nitrogens with zero attached hydrogens (tertiary/aromatic N) is 1. The number of carbonyl (C=O) groups excluding carboxylic acids is 3. The number of aromatic nitrogens is 1. The summed E-state index contributed by atoms with van der Waals surface area (Å²) in [4.78, 5) is 38.1. The molecule has 2 rings (SSSR count). The Hall–Kier alpha value is -2.74. The third-order valence-corrected chi connectivity index (χ3v) is 3.22. The molecule has 0 fully saturated rings. The summed E-state index contributed by atoms with van der Waals surface area (Å²) in [6, 6.07) is 8.43. The topological polar surface area (TPSA) is 97.4 Å². The van der Waals surface area contributed by atoms with E-state index in [1.807, 2.05) is 6.07 Å². The molecule has 7 nitrogen and oxygen atoms in total. The Morgan fingerprint density at radius 3 is 2.59 bits per heavy atom. The fourth-order valence-electron chi connectivity index (χ4n) is 1.44. The molecule has 0 bridgehead atoms. The molecule has 2 N–H and O–H groups in total. The van der Waals surface area contributed by atoms with E-state index in [0.717, 1.165) is 11.3 Å². The number of benzene rings is 1. The highest BCUT2D eigenvalue weighted by Gasteiger charge is 2.16. The number of Topliss-reactive ketones (excluding diaryl/α,β-unsaturated/α-hetero) is 1. The second-order valence-corrected chi connectivity index (χ2v) is 4.96. The number of ketones is 1. The Balaban J connectivity index is 1.90. The summed E-state index contributed by atoms with van der Waals surface area (Å²) in [5.41, 5.74) is 0.636. The van der Waals surface area contributed by atoms with Gasteiger partial charge in [0.25, 0.3) is 0 Å². The van der Waals surface area contributed by atoms with Gasteiger partial charge in [0.2, 0.25) is 11.7 Å². The van der Waals surface area contributed by atoms with Gasteiger partial charge in [0, 0.05) is 12.1 Å². The lowest BCUT2D eigenvalue weighted by Gasteiger charge is -2.04. The van der Waals surface area contributed by atoms with Crippen LogP contribution < -0.4 is 15.4 Å². The van der Waals surface area contributed by atoms with Gasteiger partial charge in [-0.15, -0.1) is 11.3 Å². The zero-order chi connectivity index (χ0) is 15.9. The maximum absolute atomic E-state index is 11.8. The van der Waals surface area contributed by atoms with E-state index in [1.165, 1.54) is 5.38 Å². The molecule has 0 radical (unpaired) electrons. The fourth-order valence-corrected chi connectivity index (χ4v) is 2.05. The fraction of sp³-hybridized carbons (Fsp3) is 0.143. The summed E-state index contributed by atoms with van der Waals surface area (Å²) in [5.74, 6) is -1.62. The summed E-state index contributed by atoms with van der Waals surface area (Å²) in [6.07, 6.45) is 0.0631. The zero-order valence-electron chi connectivity index (χ0n) is 11.7. The van der Waals surface area contributed by atoms with E-state index in [2.05, 4.69) is 15.6 Å². The van der Waals surface area contributed by atoms with Gasteiger partial charge in [0.1, 0.15) is 0 Å². The monoisotopic (exact) mass is 319 g/mol. The number of amides is 2. The number of esters is 1. The molecule has 0 saturated heterocycles. The highest BCUT2D eigenvalue weighted by Crippen LogP contribution is 2.21. The average molecular weight is 319 g/mol. The van der Waals surface area contributed by atoms with Gasteiger partial charge in [-0.25, -0.2) is 9.59 Å². The molecule has 0 aliphatic carbocycles. The Morgan fingerprint density at radius 2 is 1.91 bits per heavy atom. The standard InChI is InChI=1S/C14H13N3O4S/c1-2-10(18)12(19)21-11-8-22-14(16-11)17-13(20)15-9-6-4-3-5-7-9/h3-8H,2H2,1H3,(H2,15,16,17,20). The van der Waals surface area contributed by atoms with Gasteiger partial charge < -0.3 is 10.1 Å². The maximum atomic E-state index is 11.8. The van der Waals surface area contributed by atoms with Crippen molar-refractivity contribution in [2.45, 2.75) is 13.3 Å². The van der Waals surface area contributed by atoms with Gasteiger partial charge in [-0.3, -0.25) is 10.1 Å². The maximum Gasteiger partial charge on any atom is 0.381 e. The van der Waals surface area contributed by atoms with Crippen LogP contribution in [0.1, 0.15) is 13.3 Å². The van der Waals surface area contributed by atoms with E-state index < -0.39 is 17.8 Å². The lowest BCUT2D eigenvalue weighted by atomic mass is 10.3. The minimum absolute atomic E-state index is 0.0215. The van der Waals surface area contributed by atoms with E-state index >= 15 is 0 Å². The van der Waals surface area contributed by atoms with Gasteiger partial charge >= 0.3 is 12.0 Å². The Morgan fingerprint density at radius 1 is 1.18 bits per heavy atom. The SMILES string of the molecule is CCC(=O)C(=O)Oc1csc(NC(=O)Nc2ccccc2)n1. The number of para-hydroxylation sites is 1. The quantitative estimate of drug-likeness (QED) is 0.652. The lowest BCUT2D eigenvalue weighted by molar-refractivity contribution is -0.147. The summed E-state index contributed by atoms with van der Waals surface area (Å²) in [5, 5.41) is 6.81. The van der Waals surface area contributed by atoms with Crippen molar-refractivity contribution in [1.29, 1.82) is 0 Å². The first-order chi connectivity index (χ1) is 10.6. The molecule has 0 aliphatic heterocycles. The van der Waals surface area contributed by atoms with Crippen molar-refractivity contribution in [3.8, 4) is 5.88 Å². The van der Waals surface area contributed by atoms with Crippen molar-refractivity contribution in [2.24, 2.45) is 0 Å². The van der Waals surface area contributed by atoms with Crippen LogP contribution in [0, 0.1) is 0 Å². The van der Waals surface area contributed by atoms with Crippen LogP contribution in [0.2, 0.25) is 0 Å². The number of carbonyl (C=O) groups is 3. The van der Waals surface area contributed by atoms with E-state index in [-0.39, 0.29) is 17.4 Å². The van der Waals surface area contributed by atoms with E-state index in [9.17, 15) is 14.4 Å². The second kappa shape index (κ2) is 7.32. The minimum Gasteiger partial charge on any atom is -0.401 e. The predicted molar refractivity (Wildman–Crippen MR) is 82.1 cm³/mol. The largest absolute Gasteiger partial charge is 0.401 e. The van der Waals surface area contributed by atoms with Crippen LogP contribution in [0.3, 0.4) is 0 Å². The Kier molecular flexibility index (Phi) is 5.21. The molecule has 0 spiro atoms. The van der Waals surface area contributed by atoms with E-state index in [1.54, 1.807) is 31.2 Å². The zero-order valence-corrected chi connectivity index (χ0v) is 12.5. The number of urea groups is 1. The molecule has 0 aliphatic rings. The Bertz CT molecular complexity index is 684. The summed E-state index contributed by atoms with van der Waals surface area (Å²) < 4.78 is 4.79. The molecule has 8 heteroatoms. The van der Waals surface area contributed by atoms with Gasteiger partial charge in [-0.1, -0.05) is 25.1 Å². The molecule has 22 heavy (non-hydrogen) atoms. The van der Waals surface area contributed by atoms with Crippen LogP contribution in [0.25, 0.3) is 0 Å². The van der Waals surface area contributed by atoms with E-state index in [4.69, 9.17) is 4.74 Å². The van der Waals surface area contributed by atoms with Crippen LogP contribution in [-0.4, -0.2) is 22.8 Å². The number of rotatable bonds is 5. The van der Waals surface area contributed by atoms with Crippen LogP contribution in [0.15, 0.2) is 35.7 Å². The molecule has 114 valence electrons. The third-order valence-electron chi connectivity index (χ3n) is 2.48. The molecule has 1 aromatic heterocycles. The smallest absolute Gasteiger partial charge is 0.381 e. The van der Waals surface area contributed by atoms with Crippen molar-refractivity contribution >= 4 is 39.9 Å².